The van der Waals surface area contributed by atoms with E-state index in [2.05, 4.69) is 32.7 Å². The first kappa shape index (κ1) is 13.4. The fraction of sp³-hybridized carbons (Fsp3) is 0.200. The second-order valence-corrected chi connectivity index (χ2v) is 2.91. The van der Waals surface area contributed by atoms with Gasteiger partial charge in [-0.1, -0.05) is 63.9 Å². The molecule has 0 aliphatic heterocycles. The second-order valence-electron chi connectivity index (χ2n) is 2.91. The van der Waals surface area contributed by atoms with Crippen LogP contribution in [0, 0.1) is 6.92 Å². The lowest BCUT2D eigenvalue weighted by molar-refractivity contribution is 1.42. The van der Waals surface area contributed by atoms with Crippen LogP contribution >= 0.6 is 0 Å². The van der Waals surface area contributed by atoms with E-state index >= 15 is 0 Å². The van der Waals surface area contributed by atoms with Crippen LogP contribution in [-0.2, 0) is 0 Å². The third-order valence-corrected chi connectivity index (χ3v) is 2.17. The summed E-state index contributed by atoms with van der Waals surface area (Å²) in [6, 6.07) is 4.12. The summed E-state index contributed by atoms with van der Waals surface area (Å²) in [5.41, 5.74) is 4.59. The molecule has 0 saturated carbocycles. The van der Waals surface area contributed by atoms with Crippen LogP contribution < -0.4 is 0 Å². The van der Waals surface area contributed by atoms with Gasteiger partial charge in [-0.05, 0) is 29.2 Å². The standard InChI is InChI=1S/C13H14.C2H6/c1-5-11-9-8-10(4)12(6-2)13(11)7-3;1-2/h5-9H,1-3H2,4H3;1-2H3. The Kier molecular flexibility index (Phi) is 6.12. The zero-order valence-electron chi connectivity index (χ0n) is 10.0. The largest absolute Gasteiger partial charge is 0.0984 e. The summed E-state index contributed by atoms with van der Waals surface area (Å²) in [4.78, 5) is 0. The van der Waals surface area contributed by atoms with Crippen molar-refractivity contribution in [1.29, 1.82) is 0 Å². The first-order valence-electron chi connectivity index (χ1n) is 5.25. The Labute approximate surface area is 93.7 Å². The van der Waals surface area contributed by atoms with Crippen molar-refractivity contribution >= 4 is 18.2 Å². The Morgan fingerprint density at radius 3 is 1.80 bits per heavy atom. The predicted octanol–water partition coefficient (Wildman–Crippen LogP) is 4.95. The van der Waals surface area contributed by atoms with E-state index in [1.54, 1.807) is 0 Å². The maximum atomic E-state index is 3.79. The van der Waals surface area contributed by atoms with E-state index in [-0.39, 0.29) is 0 Å². The van der Waals surface area contributed by atoms with E-state index in [0.717, 1.165) is 16.7 Å². The zero-order valence-corrected chi connectivity index (χ0v) is 10.0. The molecular formula is C15H20. The molecule has 0 aliphatic rings. The summed E-state index contributed by atoms with van der Waals surface area (Å²) in [6.07, 6.45) is 5.55. The average Bonchev–Trinajstić information content (AvgIpc) is 2.31. The van der Waals surface area contributed by atoms with Crippen LogP contribution in [0.5, 0.6) is 0 Å². The molecule has 0 bridgehead atoms. The van der Waals surface area contributed by atoms with E-state index in [1.807, 2.05) is 38.1 Å². The van der Waals surface area contributed by atoms with Gasteiger partial charge in [0.2, 0.25) is 0 Å². The highest BCUT2D eigenvalue weighted by Gasteiger charge is 2.02. The molecule has 0 heteroatoms. The third-order valence-electron chi connectivity index (χ3n) is 2.17. The minimum absolute atomic E-state index is 1.11. The fourth-order valence-corrected chi connectivity index (χ4v) is 1.44. The molecule has 0 radical (unpaired) electrons. The molecule has 0 unspecified atom stereocenters. The average molecular weight is 200 g/mol. The molecule has 0 amide bonds. The van der Waals surface area contributed by atoms with E-state index < -0.39 is 0 Å². The summed E-state index contributed by atoms with van der Waals surface area (Å²) >= 11 is 0. The molecule has 1 aromatic carbocycles. The molecule has 80 valence electrons. The monoisotopic (exact) mass is 200 g/mol. The van der Waals surface area contributed by atoms with Gasteiger partial charge in [-0.25, -0.2) is 0 Å². The number of benzene rings is 1. The Bertz CT molecular complexity index is 357. The summed E-state index contributed by atoms with van der Waals surface area (Å²) in [5.74, 6) is 0. The fourth-order valence-electron chi connectivity index (χ4n) is 1.44. The van der Waals surface area contributed by atoms with Gasteiger partial charge in [0.05, 0.1) is 0 Å². The third kappa shape index (κ3) is 2.95. The van der Waals surface area contributed by atoms with Crippen LogP contribution in [0.15, 0.2) is 31.9 Å². The molecular weight excluding hydrogens is 180 g/mol. The van der Waals surface area contributed by atoms with Crippen molar-refractivity contribution in [3.05, 3.63) is 54.1 Å². The Hall–Kier alpha value is -1.56. The lowest BCUT2D eigenvalue weighted by atomic mass is 9.96. The van der Waals surface area contributed by atoms with Gasteiger partial charge in [-0.3, -0.25) is 0 Å². The molecule has 0 fully saturated rings. The van der Waals surface area contributed by atoms with Gasteiger partial charge in [-0.15, -0.1) is 0 Å². The summed E-state index contributed by atoms with van der Waals surface area (Å²) in [6.45, 7) is 17.4. The number of aryl methyl sites for hydroxylation is 1. The van der Waals surface area contributed by atoms with Crippen LogP contribution in [0.3, 0.4) is 0 Å². The van der Waals surface area contributed by atoms with E-state index in [9.17, 15) is 0 Å². The molecule has 0 nitrogen and oxygen atoms in total. The van der Waals surface area contributed by atoms with Gasteiger partial charge < -0.3 is 0 Å². The molecule has 0 saturated heterocycles. The predicted molar refractivity (Wildman–Crippen MR) is 72.8 cm³/mol. The highest BCUT2D eigenvalue weighted by molar-refractivity contribution is 5.74. The normalized spacial score (nSPS) is 8.47. The summed E-state index contributed by atoms with van der Waals surface area (Å²) in [5, 5.41) is 0. The van der Waals surface area contributed by atoms with Gasteiger partial charge >= 0.3 is 0 Å². The van der Waals surface area contributed by atoms with Gasteiger partial charge in [0.15, 0.2) is 0 Å². The van der Waals surface area contributed by atoms with E-state index in [0.29, 0.717) is 0 Å². The van der Waals surface area contributed by atoms with Crippen LogP contribution in [0.2, 0.25) is 0 Å². The molecule has 0 heterocycles. The molecule has 0 spiro atoms. The maximum absolute atomic E-state index is 3.79. The molecule has 0 N–H and O–H groups in total. The van der Waals surface area contributed by atoms with Crippen molar-refractivity contribution < 1.29 is 0 Å². The number of hydrogen-bond acceptors (Lipinski definition) is 0. The van der Waals surface area contributed by atoms with Crippen molar-refractivity contribution in [1.82, 2.24) is 0 Å². The van der Waals surface area contributed by atoms with Gasteiger partial charge in [-0.2, -0.15) is 0 Å². The topological polar surface area (TPSA) is 0 Å². The molecule has 15 heavy (non-hydrogen) atoms. The molecule has 0 atom stereocenters. The van der Waals surface area contributed by atoms with Crippen LogP contribution in [-0.4, -0.2) is 0 Å². The molecule has 0 aliphatic carbocycles. The second kappa shape index (κ2) is 6.83. The Balaban J connectivity index is 0.000000921. The van der Waals surface area contributed by atoms with E-state index in [4.69, 9.17) is 0 Å². The molecule has 1 rings (SSSR count). The lowest BCUT2D eigenvalue weighted by Crippen LogP contribution is -1.89. The zero-order chi connectivity index (χ0) is 11.8. The van der Waals surface area contributed by atoms with Crippen LogP contribution in [0.25, 0.3) is 18.2 Å². The Morgan fingerprint density at radius 1 is 0.867 bits per heavy atom. The minimum atomic E-state index is 1.11. The first-order valence-corrected chi connectivity index (χ1v) is 5.25. The smallest absolute Gasteiger partial charge is 0.0115 e. The SMILES string of the molecule is C=Cc1ccc(C)c(C=C)c1C=C.CC. The van der Waals surface area contributed by atoms with Gasteiger partial charge in [0.1, 0.15) is 0 Å². The minimum Gasteiger partial charge on any atom is -0.0984 e. The van der Waals surface area contributed by atoms with Crippen molar-refractivity contribution in [2.75, 3.05) is 0 Å². The molecule has 0 aromatic heterocycles. The lowest BCUT2D eigenvalue weighted by Gasteiger charge is -2.08. The van der Waals surface area contributed by atoms with Gasteiger partial charge in [0.25, 0.3) is 0 Å². The van der Waals surface area contributed by atoms with Crippen LogP contribution in [0.1, 0.15) is 36.1 Å². The van der Waals surface area contributed by atoms with Crippen molar-refractivity contribution in [3.63, 3.8) is 0 Å². The van der Waals surface area contributed by atoms with Crippen LogP contribution in [0.4, 0.5) is 0 Å². The highest BCUT2D eigenvalue weighted by Crippen LogP contribution is 2.22. The number of hydrogen-bond donors (Lipinski definition) is 0. The molecule has 1 aromatic rings. The van der Waals surface area contributed by atoms with Crippen molar-refractivity contribution in [2.45, 2.75) is 20.8 Å². The van der Waals surface area contributed by atoms with Crippen molar-refractivity contribution in [2.24, 2.45) is 0 Å². The van der Waals surface area contributed by atoms with E-state index in [1.165, 1.54) is 5.56 Å². The first-order chi connectivity index (χ1) is 7.24. The van der Waals surface area contributed by atoms with Gasteiger partial charge in [0, 0.05) is 0 Å². The summed E-state index contributed by atoms with van der Waals surface area (Å²) in [7, 11) is 0. The quantitative estimate of drug-likeness (QED) is 0.647. The maximum Gasteiger partial charge on any atom is -0.0115 e. The number of rotatable bonds is 3. The Morgan fingerprint density at radius 2 is 1.40 bits per heavy atom. The summed E-state index contributed by atoms with van der Waals surface area (Å²) < 4.78 is 0. The highest BCUT2D eigenvalue weighted by atomic mass is 14.1. The van der Waals surface area contributed by atoms with Crippen molar-refractivity contribution in [3.8, 4) is 0 Å².